The summed E-state index contributed by atoms with van der Waals surface area (Å²) in [6, 6.07) is 14.9. The number of carbonyl (C=O) groups excluding carboxylic acids is 2. The number of hydrogen-bond acceptors (Lipinski definition) is 5. The molecule has 3 rings (SSSR count). The fourth-order valence-corrected chi connectivity index (χ4v) is 3.04. The summed E-state index contributed by atoms with van der Waals surface area (Å²) in [5, 5.41) is 11.9. The Morgan fingerprint density at radius 3 is 2.62 bits per heavy atom. The molecule has 6 nitrogen and oxygen atoms in total. The molecule has 0 radical (unpaired) electrons. The van der Waals surface area contributed by atoms with Crippen LogP contribution in [0, 0.1) is 11.3 Å². The maximum atomic E-state index is 12.6. The zero-order valence-electron chi connectivity index (χ0n) is 14.9. The van der Waals surface area contributed by atoms with Gasteiger partial charge in [-0.2, -0.15) is 5.26 Å². The van der Waals surface area contributed by atoms with Crippen LogP contribution >= 0.6 is 27.5 Å². The highest BCUT2D eigenvalue weighted by molar-refractivity contribution is 9.10. The summed E-state index contributed by atoms with van der Waals surface area (Å²) in [4.78, 5) is 28.5. The number of nitrogens with zero attached hydrogens (tertiary/aromatic N) is 2. The van der Waals surface area contributed by atoms with Crippen LogP contribution in [-0.2, 0) is 4.79 Å². The van der Waals surface area contributed by atoms with Gasteiger partial charge in [0.2, 0.25) is 0 Å². The van der Waals surface area contributed by atoms with Crippen molar-refractivity contribution in [3.63, 3.8) is 0 Å². The second-order valence-corrected chi connectivity index (χ2v) is 7.18. The van der Waals surface area contributed by atoms with Crippen molar-refractivity contribution in [2.24, 2.45) is 0 Å². The third-order valence-electron chi connectivity index (χ3n) is 3.81. The van der Waals surface area contributed by atoms with Gasteiger partial charge in [0.05, 0.1) is 17.4 Å². The van der Waals surface area contributed by atoms with E-state index in [2.05, 4.69) is 26.2 Å². The molecule has 0 saturated carbocycles. The fourth-order valence-electron chi connectivity index (χ4n) is 2.44. The molecule has 144 valence electrons. The minimum atomic E-state index is -0.398. The van der Waals surface area contributed by atoms with Crippen molar-refractivity contribution in [3.05, 3.63) is 87.1 Å². The van der Waals surface area contributed by atoms with E-state index < -0.39 is 5.91 Å². The summed E-state index contributed by atoms with van der Waals surface area (Å²) >= 11 is 9.32. The molecule has 1 N–H and O–H groups in total. The smallest absolute Gasteiger partial charge is 0.262 e. The summed E-state index contributed by atoms with van der Waals surface area (Å²) < 4.78 is 6.09. The van der Waals surface area contributed by atoms with E-state index in [-0.39, 0.29) is 12.4 Å². The van der Waals surface area contributed by atoms with Gasteiger partial charge in [0.1, 0.15) is 11.8 Å². The number of nitriles is 1. The molecule has 1 aromatic heterocycles. The lowest BCUT2D eigenvalue weighted by Gasteiger charge is -2.09. The van der Waals surface area contributed by atoms with Gasteiger partial charge < -0.3 is 10.1 Å². The van der Waals surface area contributed by atoms with Crippen molar-refractivity contribution in [2.75, 3.05) is 11.9 Å². The van der Waals surface area contributed by atoms with E-state index >= 15 is 0 Å². The standard InChI is InChI=1S/C21H13BrClN3O3/c22-19-6-3-15(23)8-18(19)21(28)14-1-4-17(5-2-14)29-12-20(27)26-16-7-13(9-24)10-25-11-16/h1-8,10-11H,12H2,(H,26,27). The first kappa shape index (κ1) is 20.5. The summed E-state index contributed by atoms with van der Waals surface area (Å²) in [6.45, 7) is -0.232. The number of amides is 1. The van der Waals surface area contributed by atoms with Gasteiger partial charge in [0, 0.05) is 26.8 Å². The summed E-state index contributed by atoms with van der Waals surface area (Å²) in [5.74, 6) is -0.149. The molecular weight excluding hydrogens is 458 g/mol. The predicted octanol–water partition coefficient (Wildman–Crippen LogP) is 4.62. The monoisotopic (exact) mass is 469 g/mol. The molecule has 29 heavy (non-hydrogen) atoms. The van der Waals surface area contributed by atoms with Crippen LogP contribution < -0.4 is 10.1 Å². The van der Waals surface area contributed by atoms with E-state index in [1.165, 1.54) is 18.5 Å². The van der Waals surface area contributed by atoms with Gasteiger partial charge in [-0.25, -0.2) is 0 Å². The van der Waals surface area contributed by atoms with E-state index in [0.29, 0.717) is 37.6 Å². The molecule has 1 amide bonds. The number of aromatic nitrogens is 1. The first-order chi connectivity index (χ1) is 14.0. The van der Waals surface area contributed by atoms with Crippen molar-refractivity contribution < 1.29 is 14.3 Å². The van der Waals surface area contributed by atoms with Gasteiger partial charge in [0.15, 0.2) is 12.4 Å². The van der Waals surface area contributed by atoms with Crippen LogP contribution in [0.3, 0.4) is 0 Å². The zero-order chi connectivity index (χ0) is 20.8. The normalized spacial score (nSPS) is 10.1. The number of halogens is 2. The van der Waals surface area contributed by atoms with Crippen LogP contribution in [0.25, 0.3) is 0 Å². The highest BCUT2D eigenvalue weighted by Gasteiger charge is 2.13. The Morgan fingerprint density at radius 2 is 1.90 bits per heavy atom. The Bertz CT molecular complexity index is 1110. The molecule has 0 fully saturated rings. The van der Waals surface area contributed by atoms with E-state index in [1.807, 2.05) is 6.07 Å². The molecule has 0 atom stereocenters. The van der Waals surface area contributed by atoms with E-state index in [9.17, 15) is 9.59 Å². The topological polar surface area (TPSA) is 92.1 Å². The van der Waals surface area contributed by atoms with Crippen molar-refractivity contribution in [1.29, 1.82) is 5.26 Å². The van der Waals surface area contributed by atoms with Gasteiger partial charge in [0.25, 0.3) is 5.91 Å². The average Bonchev–Trinajstić information content (AvgIpc) is 2.74. The number of nitrogens with one attached hydrogen (secondary N) is 1. The minimum Gasteiger partial charge on any atom is -0.484 e. The molecule has 0 bridgehead atoms. The van der Waals surface area contributed by atoms with Gasteiger partial charge >= 0.3 is 0 Å². The lowest BCUT2D eigenvalue weighted by atomic mass is 10.0. The second-order valence-electron chi connectivity index (χ2n) is 5.89. The molecule has 8 heteroatoms. The van der Waals surface area contributed by atoms with E-state index in [1.54, 1.807) is 42.5 Å². The Kier molecular flexibility index (Phi) is 6.60. The first-order valence-corrected chi connectivity index (χ1v) is 9.51. The van der Waals surface area contributed by atoms with Gasteiger partial charge in [-0.1, -0.05) is 27.5 Å². The highest BCUT2D eigenvalue weighted by Crippen LogP contribution is 2.24. The van der Waals surface area contributed by atoms with Gasteiger partial charge in [-0.05, 0) is 48.5 Å². The first-order valence-electron chi connectivity index (χ1n) is 8.34. The number of benzene rings is 2. The minimum absolute atomic E-state index is 0.187. The Labute approximate surface area is 180 Å². The molecule has 3 aromatic rings. The molecule has 0 aliphatic carbocycles. The quantitative estimate of drug-likeness (QED) is 0.531. The number of ketones is 1. The third-order valence-corrected chi connectivity index (χ3v) is 4.74. The van der Waals surface area contributed by atoms with Crippen molar-refractivity contribution in [2.45, 2.75) is 0 Å². The van der Waals surface area contributed by atoms with Crippen LogP contribution in [0.4, 0.5) is 5.69 Å². The number of pyridine rings is 1. The highest BCUT2D eigenvalue weighted by atomic mass is 79.9. The van der Waals surface area contributed by atoms with E-state index in [4.69, 9.17) is 21.6 Å². The Balaban J connectivity index is 1.60. The summed E-state index contributed by atoms with van der Waals surface area (Å²) in [5.41, 5.74) is 1.67. The fraction of sp³-hybridized carbons (Fsp3) is 0.0476. The number of rotatable bonds is 6. The lowest BCUT2D eigenvalue weighted by Crippen LogP contribution is -2.20. The van der Waals surface area contributed by atoms with Crippen LogP contribution in [-0.4, -0.2) is 23.3 Å². The lowest BCUT2D eigenvalue weighted by molar-refractivity contribution is -0.118. The Hall–Kier alpha value is -3.21. The molecule has 0 aliphatic heterocycles. The maximum Gasteiger partial charge on any atom is 0.262 e. The number of hydrogen-bond donors (Lipinski definition) is 1. The summed E-state index contributed by atoms with van der Waals surface area (Å²) in [7, 11) is 0. The SMILES string of the molecule is N#Cc1cncc(NC(=O)COc2ccc(C(=O)c3cc(Cl)ccc3Br)cc2)c1. The van der Waals surface area contributed by atoms with Crippen LogP contribution in [0.1, 0.15) is 21.5 Å². The zero-order valence-corrected chi connectivity index (χ0v) is 17.2. The largest absolute Gasteiger partial charge is 0.484 e. The Morgan fingerprint density at radius 1 is 1.14 bits per heavy atom. The molecular formula is C21H13BrClN3O3. The number of anilines is 1. The molecule has 0 saturated heterocycles. The molecule has 0 unspecified atom stereocenters. The third kappa shape index (κ3) is 5.41. The average molecular weight is 471 g/mol. The summed E-state index contributed by atoms with van der Waals surface area (Å²) in [6.07, 6.45) is 2.84. The van der Waals surface area contributed by atoms with Crippen LogP contribution in [0.2, 0.25) is 5.02 Å². The maximum absolute atomic E-state index is 12.6. The second kappa shape index (κ2) is 9.32. The number of ether oxygens (including phenoxy) is 1. The van der Waals surface area contributed by atoms with E-state index in [0.717, 1.165) is 0 Å². The van der Waals surface area contributed by atoms with Crippen molar-refractivity contribution in [1.82, 2.24) is 4.98 Å². The van der Waals surface area contributed by atoms with Crippen molar-refractivity contribution in [3.8, 4) is 11.8 Å². The molecule has 0 spiro atoms. The van der Waals surface area contributed by atoms with Crippen LogP contribution in [0.5, 0.6) is 5.75 Å². The number of carbonyl (C=O) groups is 2. The van der Waals surface area contributed by atoms with Gasteiger partial charge in [-0.3, -0.25) is 14.6 Å². The molecule has 0 aliphatic rings. The molecule has 2 aromatic carbocycles. The van der Waals surface area contributed by atoms with Crippen LogP contribution in [0.15, 0.2) is 65.4 Å². The van der Waals surface area contributed by atoms with Gasteiger partial charge in [-0.15, -0.1) is 0 Å². The van der Waals surface area contributed by atoms with Crippen molar-refractivity contribution >= 4 is 44.9 Å². The predicted molar refractivity (Wildman–Crippen MR) is 112 cm³/mol. The molecule has 1 heterocycles.